The van der Waals surface area contributed by atoms with Gasteiger partial charge in [0.25, 0.3) is 0 Å². The van der Waals surface area contributed by atoms with Crippen molar-refractivity contribution in [2.45, 2.75) is 38.7 Å². The summed E-state index contributed by atoms with van der Waals surface area (Å²) < 4.78 is 27.9. The van der Waals surface area contributed by atoms with Crippen molar-refractivity contribution >= 4 is 27.1 Å². The molecular formula is C13H18O4S2. The Morgan fingerprint density at radius 3 is 2.53 bits per heavy atom. The van der Waals surface area contributed by atoms with Gasteiger partial charge in [0, 0.05) is 4.88 Å². The molecule has 0 aromatic carbocycles. The summed E-state index contributed by atoms with van der Waals surface area (Å²) in [7, 11) is -3.02. The van der Waals surface area contributed by atoms with E-state index in [2.05, 4.69) is 20.8 Å². The topological polar surface area (TPSA) is 60.4 Å². The van der Waals surface area contributed by atoms with Crippen LogP contribution < -0.4 is 0 Å². The van der Waals surface area contributed by atoms with Gasteiger partial charge in [-0.3, -0.25) is 0 Å². The molecule has 19 heavy (non-hydrogen) atoms. The summed E-state index contributed by atoms with van der Waals surface area (Å²) in [4.78, 5) is 13.6. The molecule has 0 bridgehead atoms. The first-order chi connectivity index (χ1) is 8.67. The quantitative estimate of drug-likeness (QED) is 0.787. The van der Waals surface area contributed by atoms with Crippen molar-refractivity contribution in [3.8, 4) is 0 Å². The molecule has 2 heterocycles. The number of hydrogen-bond acceptors (Lipinski definition) is 5. The first-order valence-corrected chi connectivity index (χ1v) is 8.83. The molecule has 2 rings (SSSR count). The monoisotopic (exact) mass is 302 g/mol. The number of sulfone groups is 1. The highest BCUT2D eigenvalue weighted by atomic mass is 32.2. The van der Waals surface area contributed by atoms with E-state index in [1.807, 2.05) is 6.07 Å². The van der Waals surface area contributed by atoms with Crippen molar-refractivity contribution in [2.75, 3.05) is 11.5 Å². The van der Waals surface area contributed by atoms with Crippen LogP contribution in [0.25, 0.3) is 0 Å². The molecular weight excluding hydrogens is 284 g/mol. The van der Waals surface area contributed by atoms with Crippen LogP contribution in [0.15, 0.2) is 12.1 Å². The van der Waals surface area contributed by atoms with Gasteiger partial charge in [-0.2, -0.15) is 0 Å². The van der Waals surface area contributed by atoms with Gasteiger partial charge in [-0.05, 0) is 24.0 Å². The highest BCUT2D eigenvalue weighted by Crippen LogP contribution is 2.30. The molecule has 1 aromatic rings. The summed E-state index contributed by atoms with van der Waals surface area (Å²) in [6, 6.07) is 3.67. The number of rotatable bonds is 2. The van der Waals surface area contributed by atoms with Crippen LogP contribution in [0.3, 0.4) is 0 Å². The fraction of sp³-hybridized carbons (Fsp3) is 0.615. The van der Waals surface area contributed by atoms with Gasteiger partial charge in [0.05, 0.1) is 11.5 Å². The van der Waals surface area contributed by atoms with Gasteiger partial charge in [-0.1, -0.05) is 20.8 Å². The van der Waals surface area contributed by atoms with Gasteiger partial charge < -0.3 is 4.74 Å². The Labute approximate surface area is 117 Å². The standard InChI is InChI=1S/C13H18O4S2/c1-13(2,3)11-5-4-10(18-11)12(14)17-9-6-7-19(15,16)8-9/h4-5,9H,6-8H2,1-3H3/t9-/m0/s1. The van der Waals surface area contributed by atoms with E-state index in [9.17, 15) is 13.2 Å². The lowest BCUT2D eigenvalue weighted by Gasteiger charge is -2.15. The summed E-state index contributed by atoms with van der Waals surface area (Å²) in [5, 5.41) is 0. The highest BCUT2D eigenvalue weighted by molar-refractivity contribution is 7.91. The summed E-state index contributed by atoms with van der Waals surface area (Å²) in [5.41, 5.74) is -0.000105. The second-order valence-electron chi connectivity index (χ2n) is 5.84. The molecule has 0 spiro atoms. The zero-order chi connectivity index (χ0) is 14.3. The lowest BCUT2D eigenvalue weighted by atomic mass is 9.95. The summed E-state index contributed by atoms with van der Waals surface area (Å²) >= 11 is 1.41. The maximum absolute atomic E-state index is 11.9. The fourth-order valence-corrected chi connectivity index (χ4v) is 4.45. The molecule has 1 aromatic heterocycles. The van der Waals surface area contributed by atoms with Gasteiger partial charge in [-0.15, -0.1) is 11.3 Å². The molecule has 0 amide bonds. The second-order valence-corrected chi connectivity index (χ2v) is 9.16. The molecule has 1 aliphatic rings. The average Bonchev–Trinajstić information content (AvgIpc) is 2.84. The number of carbonyl (C=O) groups excluding carboxylic acids is 1. The molecule has 1 atom stereocenters. The average molecular weight is 302 g/mol. The van der Waals surface area contributed by atoms with Crippen LogP contribution in [0.2, 0.25) is 0 Å². The predicted octanol–water partition coefficient (Wildman–Crippen LogP) is 2.39. The van der Waals surface area contributed by atoms with E-state index in [4.69, 9.17) is 4.74 Å². The minimum absolute atomic E-state index is 0.000105. The molecule has 6 heteroatoms. The van der Waals surface area contributed by atoms with Crippen LogP contribution in [0.5, 0.6) is 0 Å². The van der Waals surface area contributed by atoms with Gasteiger partial charge in [0.15, 0.2) is 9.84 Å². The first-order valence-electron chi connectivity index (χ1n) is 6.19. The van der Waals surface area contributed by atoms with Gasteiger partial charge in [0.2, 0.25) is 0 Å². The van der Waals surface area contributed by atoms with Crippen LogP contribution >= 0.6 is 11.3 Å². The zero-order valence-electron chi connectivity index (χ0n) is 11.3. The van der Waals surface area contributed by atoms with E-state index in [1.54, 1.807) is 6.07 Å². The molecule has 1 fully saturated rings. The van der Waals surface area contributed by atoms with Crippen molar-refractivity contribution in [3.05, 3.63) is 21.9 Å². The van der Waals surface area contributed by atoms with Gasteiger partial charge >= 0.3 is 5.97 Å². The molecule has 0 N–H and O–H groups in total. The van der Waals surface area contributed by atoms with E-state index in [0.717, 1.165) is 4.88 Å². The summed E-state index contributed by atoms with van der Waals surface area (Å²) in [5.74, 6) is -0.346. The van der Waals surface area contributed by atoms with E-state index >= 15 is 0 Å². The number of carbonyl (C=O) groups is 1. The first kappa shape index (κ1) is 14.5. The Morgan fingerprint density at radius 1 is 1.37 bits per heavy atom. The summed E-state index contributed by atoms with van der Waals surface area (Å²) in [6.45, 7) is 6.24. The summed E-state index contributed by atoms with van der Waals surface area (Å²) in [6.07, 6.45) is -0.0799. The Balaban J connectivity index is 2.03. The number of esters is 1. The minimum Gasteiger partial charge on any atom is -0.457 e. The second kappa shape index (κ2) is 4.90. The Hall–Kier alpha value is -0.880. The van der Waals surface area contributed by atoms with Crippen LogP contribution in [0.1, 0.15) is 41.7 Å². The number of hydrogen-bond donors (Lipinski definition) is 0. The molecule has 0 unspecified atom stereocenters. The number of ether oxygens (including phenoxy) is 1. The Morgan fingerprint density at radius 2 is 2.05 bits per heavy atom. The normalized spacial score (nSPS) is 22.4. The highest BCUT2D eigenvalue weighted by Gasteiger charge is 2.31. The van der Waals surface area contributed by atoms with Crippen molar-refractivity contribution < 1.29 is 17.9 Å². The molecule has 4 nitrogen and oxygen atoms in total. The SMILES string of the molecule is CC(C)(C)c1ccc(C(=O)O[C@H]2CCS(=O)(=O)C2)s1. The molecule has 1 aliphatic heterocycles. The van der Waals surface area contributed by atoms with Crippen LogP contribution in [0, 0.1) is 0 Å². The lowest BCUT2D eigenvalue weighted by molar-refractivity contribution is 0.0362. The maximum atomic E-state index is 11.9. The van der Waals surface area contributed by atoms with Crippen molar-refractivity contribution in [1.82, 2.24) is 0 Å². The molecule has 0 aliphatic carbocycles. The minimum atomic E-state index is -3.02. The zero-order valence-corrected chi connectivity index (χ0v) is 12.9. The van der Waals surface area contributed by atoms with Crippen LogP contribution in [-0.2, 0) is 20.0 Å². The third-order valence-corrected chi connectivity index (χ3v) is 6.24. The molecule has 106 valence electrons. The molecule has 0 radical (unpaired) electrons. The van der Waals surface area contributed by atoms with Crippen molar-refractivity contribution in [3.63, 3.8) is 0 Å². The van der Waals surface area contributed by atoms with Crippen LogP contribution in [-0.4, -0.2) is 32.0 Å². The molecule has 0 saturated carbocycles. The van der Waals surface area contributed by atoms with Crippen LogP contribution in [0.4, 0.5) is 0 Å². The fourth-order valence-electron chi connectivity index (χ4n) is 1.91. The maximum Gasteiger partial charge on any atom is 0.348 e. The molecule has 1 saturated heterocycles. The van der Waals surface area contributed by atoms with Crippen molar-refractivity contribution in [2.24, 2.45) is 0 Å². The number of thiophene rings is 1. The lowest BCUT2D eigenvalue weighted by Crippen LogP contribution is -2.18. The predicted molar refractivity (Wildman–Crippen MR) is 75.5 cm³/mol. The van der Waals surface area contributed by atoms with Gasteiger partial charge in [-0.25, -0.2) is 13.2 Å². The third-order valence-electron chi connectivity index (χ3n) is 3.01. The van der Waals surface area contributed by atoms with E-state index in [-0.39, 0.29) is 16.9 Å². The van der Waals surface area contributed by atoms with Gasteiger partial charge in [0.1, 0.15) is 11.0 Å². The van der Waals surface area contributed by atoms with Crippen molar-refractivity contribution in [1.29, 1.82) is 0 Å². The Bertz CT molecular complexity index is 578. The van der Waals surface area contributed by atoms with E-state index in [0.29, 0.717) is 11.3 Å². The third kappa shape index (κ3) is 3.57. The van der Waals surface area contributed by atoms with E-state index < -0.39 is 21.9 Å². The smallest absolute Gasteiger partial charge is 0.348 e. The van der Waals surface area contributed by atoms with E-state index in [1.165, 1.54) is 11.3 Å². The Kier molecular flexibility index (Phi) is 3.75. The largest absolute Gasteiger partial charge is 0.457 e.